The van der Waals surface area contributed by atoms with E-state index in [0.29, 0.717) is 21.7 Å². The van der Waals surface area contributed by atoms with Crippen LogP contribution in [0.1, 0.15) is 25.0 Å². The number of aromatic nitrogens is 2. The van der Waals surface area contributed by atoms with Gasteiger partial charge in [-0.05, 0) is 87.9 Å². The van der Waals surface area contributed by atoms with Crippen LogP contribution in [0.25, 0.3) is 16.6 Å². The van der Waals surface area contributed by atoms with E-state index in [1.807, 2.05) is 92.7 Å². The zero-order valence-electron chi connectivity index (χ0n) is 23.1. The Bertz CT molecular complexity index is 1710. The molecule has 5 aromatic rings. The van der Waals surface area contributed by atoms with E-state index in [2.05, 4.69) is 36.2 Å². The Balaban J connectivity index is 1.36. The number of carbonyl (C=O) groups excluding carboxylic acids is 1. The molecule has 1 amide bonds. The van der Waals surface area contributed by atoms with E-state index in [-0.39, 0.29) is 23.3 Å². The summed E-state index contributed by atoms with van der Waals surface area (Å²) in [6.07, 6.45) is 0. The Labute approximate surface area is 238 Å². The first-order chi connectivity index (χ1) is 19.3. The summed E-state index contributed by atoms with van der Waals surface area (Å²) in [5, 5.41) is 4.01. The number of fused-ring (bicyclic) bond motifs is 1. The molecule has 0 saturated heterocycles. The highest BCUT2D eigenvalue weighted by molar-refractivity contribution is 7.99. The van der Waals surface area contributed by atoms with E-state index in [0.717, 1.165) is 28.2 Å². The SMILES string of the molecule is Cc1ccc(-n2c(SCC(=O)Nc3ccc(N(c4ccccc4)C(C)C)cc3)nc3ccccc3c2=O)c(C)c1. The third-order valence-electron chi connectivity index (χ3n) is 6.65. The summed E-state index contributed by atoms with van der Waals surface area (Å²) in [6, 6.07) is 31.6. The average molecular weight is 549 g/mol. The van der Waals surface area contributed by atoms with Crippen molar-refractivity contribution in [3.63, 3.8) is 0 Å². The molecule has 0 spiro atoms. The maximum absolute atomic E-state index is 13.6. The van der Waals surface area contributed by atoms with Crippen molar-refractivity contribution in [1.29, 1.82) is 0 Å². The van der Waals surface area contributed by atoms with Crippen LogP contribution in [0, 0.1) is 13.8 Å². The lowest BCUT2D eigenvalue weighted by Crippen LogP contribution is -2.25. The fourth-order valence-electron chi connectivity index (χ4n) is 4.84. The minimum Gasteiger partial charge on any atom is -0.339 e. The van der Waals surface area contributed by atoms with Crippen molar-refractivity contribution in [2.75, 3.05) is 16.0 Å². The number of hydrogen-bond donors (Lipinski definition) is 1. The van der Waals surface area contributed by atoms with E-state index in [9.17, 15) is 9.59 Å². The number of aryl methyl sites for hydroxylation is 2. The molecule has 0 aliphatic rings. The third-order valence-corrected chi connectivity index (χ3v) is 7.59. The summed E-state index contributed by atoms with van der Waals surface area (Å²) in [6.45, 7) is 8.30. The Morgan fingerprint density at radius 3 is 2.27 bits per heavy atom. The predicted octanol–water partition coefficient (Wildman–Crippen LogP) is 7.28. The molecule has 0 radical (unpaired) electrons. The molecule has 7 heteroatoms. The average Bonchev–Trinajstić information content (AvgIpc) is 2.94. The topological polar surface area (TPSA) is 67.2 Å². The van der Waals surface area contributed by atoms with Crippen molar-refractivity contribution < 1.29 is 4.79 Å². The molecular weight excluding hydrogens is 516 g/mol. The maximum atomic E-state index is 13.6. The standard InChI is InChI=1S/C33H32N4O2S/c1-22(2)36(26-10-6-5-7-11-26)27-17-15-25(16-18-27)34-31(38)21-40-33-35-29-13-9-8-12-28(29)32(39)37(33)30-19-14-23(3)20-24(30)4/h5-20,22H,21H2,1-4H3,(H,34,38). The van der Waals surface area contributed by atoms with Gasteiger partial charge < -0.3 is 10.2 Å². The van der Waals surface area contributed by atoms with E-state index < -0.39 is 0 Å². The van der Waals surface area contributed by atoms with Crippen LogP contribution < -0.4 is 15.8 Å². The second kappa shape index (κ2) is 11.8. The number of hydrogen-bond acceptors (Lipinski definition) is 5. The number of nitrogens with one attached hydrogen (secondary N) is 1. The minimum atomic E-state index is -0.170. The molecule has 1 heterocycles. The van der Waals surface area contributed by atoms with Gasteiger partial charge in [0.1, 0.15) is 0 Å². The zero-order valence-corrected chi connectivity index (χ0v) is 23.9. The fourth-order valence-corrected chi connectivity index (χ4v) is 5.65. The number of carbonyl (C=O) groups is 1. The first-order valence-electron chi connectivity index (χ1n) is 13.3. The van der Waals surface area contributed by atoms with Crippen molar-refractivity contribution in [2.24, 2.45) is 0 Å². The summed E-state index contributed by atoms with van der Waals surface area (Å²) >= 11 is 1.25. The molecule has 0 fully saturated rings. The summed E-state index contributed by atoms with van der Waals surface area (Å²) in [4.78, 5) is 33.6. The van der Waals surface area contributed by atoms with Crippen LogP contribution in [0.3, 0.4) is 0 Å². The molecule has 6 nitrogen and oxygen atoms in total. The number of thioether (sulfide) groups is 1. The van der Waals surface area contributed by atoms with E-state index in [1.54, 1.807) is 10.6 Å². The van der Waals surface area contributed by atoms with Crippen LogP contribution in [-0.4, -0.2) is 27.3 Å². The highest BCUT2D eigenvalue weighted by atomic mass is 32.2. The number of amides is 1. The maximum Gasteiger partial charge on any atom is 0.266 e. The molecule has 40 heavy (non-hydrogen) atoms. The number of benzene rings is 4. The Morgan fingerprint density at radius 1 is 0.900 bits per heavy atom. The number of anilines is 3. The molecule has 0 atom stereocenters. The quantitative estimate of drug-likeness (QED) is 0.163. The molecule has 0 aliphatic heterocycles. The highest BCUT2D eigenvalue weighted by Gasteiger charge is 2.17. The molecule has 4 aromatic carbocycles. The van der Waals surface area contributed by atoms with Crippen LogP contribution in [0.4, 0.5) is 17.1 Å². The molecule has 0 bridgehead atoms. The number of nitrogens with zero attached hydrogens (tertiary/aromatic N) is 3. The first-order valence-corrected chi connectivity index (χ1v) is 14.3. The van der Waals surface area contributed by atoms with Crippen molar-refractivity contribution in [3.8, 4) is 5.69 Å². The van der Waals surface area contributed by atoms with Gasteiger partial charge in [-0.25, -0.2) is 4.98 Å². The molecule has 1 aromatic heterocycles. The van der Waals surface area contributed by atoms with E-state index >= 15 is 0 Å². The van der Waals surface area contributed by atoms with Crippen molar-refractivity contribution in [1.82, 2.24) is 9.55 Å². The minimum absolute atomic E-state index is 0.111. The third kappa shape index (κ3) is 5.80. The molecule has 5 rings (SSSR count). The summed E-state index contributed by atoms with van der Waals surface area (Å²) in [5.41, 5.74) is 6.18. The van der Waals surface area contributed by atoms with Gasteiger partial charge in [-0.1, -0.05) is 59.8 Å². The Hall–Kier alpha value is -4.36. The van der Waals surface area contributed by atoms with Gasteiger partial charge in [0.15, 0.2) is 5.16 Å². The van der Waals surface area contributed by atoms with Gasteiger partial charge in [-0.15, -0.1) is 0 Å². The summed E-state index contributed by atoms with van der Waals surface area (Å²) < 4.78 is 1.62. The van der Waals surface area contributed by atoms with Gasteiger partial charge >= 0.3 is 0 Å². The van der Waals surface area contributed by atoms with Crippen LogP contribution in [0.15, 0.2) is 107 Å². The highest BCUT2D eigenvalue weighted by Crippen LogP contribution is 2.29. The van der Waals surface area contributed by atoms with E-state index in [4.69, 9.17) is 4.98 Å². The smallest absolute Gasteiger partial charge is 0.266 e. The predicted molar refractivity (Wildman–Crippen MR) is 166 cm³/mol. The Morgan fingerprint density at radius 2 is 1.57 bits per heavy atom. The van der Waals surface area contributed by atoms with Gasteiger partial charge in [-0.3, -0.25) is 14.2 Å². The van der Waals surface area contributed by atoms with Gasteiger partial charge in [0.2, 0.25) is 5.91 Å². The van der Waals surface area contributed by atoms with E-state index in [1.165, 1.54) is 11.8 Å². The lowest BCUT2D eigenvalue weighted by molar-refractivity contribution is -0.113. The molecule has 0 saturated carbocycles. The second-order valence-electron chi connectivity index (χ2n) is 10.0. The van der Waals surface area contributed by atoms with Crippen LogP contribution >= 0.6 is 11.8 Å². The van der Waals surface area contributed by atoms with Gasteiger partial charge in [0.25, 0.3) is 5.56 Å². The number of para-hydroxylation sites is 2. The normalized spacial score (nSPS) is 11.1. The molecule has 0 unspecified atom stereocenters. The molecular formula is C33H32N4O2S. The molecule has 202 valence electrons. The lowest BCUT2D eigenvalue weighted by Gasteiger charge is -2.29. The fraction of sp³-hybridized carbons (Fsp3) is 0.182. The van der Waals surface area contributed by atoms with Gasteiger partial charge in [0.05, 0.1) is 22.3 Å². The van der Waals surface area contributed by atoms with Gasteiger partial charge in [0, 0.05) is 23.1 Å². The van der Waals surface area contributed by atoms with Crippen LogP contribution in [0.5, 0.6) is 0 Å². The first kappa shape index (κ1) is 27.2. The number of rotatable bonds is 8. The molecule has 1 N–H and O–H groups in total. The Kier molecular flexibility index (Phi) is 8.03. The zero-order chi connectivity index (χ0) is 28.2. The van der Waals surface area contributed by atoms with Crippen molar-refractivity contribution >= 4 is 45.6 Å². The monoisotopic (exact) mass is 548 g/mol. The van der Waals surface area contributed by atoms with Crippen LogP contribution in [0.2, 0.25) is 0 Å². The van der Waals surface area contributed by atoms with Crippen LogP contribution in [-0.2, 0) is 4.79 Å². The lowest BCUT2D eigenvalue weighted by atomic mass is 10.1. The largest absolute Gasteiger partial charge is 0.339 e. The molecule has 0 aliphatic carbocycles. The summed E-state index contributed by atoms with van der Waals surface area (Å²) in [7, 11) is 0. The van der Waals surface area contributed by atoms with Crippen molar-refractivity contribution in [2.45, 2.75) is 38.9 Å². The van der Waals surface area contributed by atoms with Crippen molar-refractivity contribution in [3.05, 3.63) is 119 Å². The summed E-state index contributed by atoms with van der Waals surface area (Å²) in [5.74, 6) is -0.0596. The van der Waals surface area contributed by atoms with Gasteiger partial charge in [-0.2, -0.15) is 0 Å². The second-order valence-corrected chi connectivity index (χ2v) is 11.0.